The summed E-state index contributed by atoms with van der Waals surface area (Å²) in [6, 6.07) is 64.5. The molecule has 11 rings (SSSR count). The fraction of sp³-hybridized carbons (Fsp3) is 0.194. The minimum absolute atomic E-state index is 0.506. The normalized spacial score (nSPS) is 17.9. The Hall–Kier alpha value is -7.49. The molecule has 346 valence electrons. The topological polar surface area (TPSA) is 97.6 Å². The molecular weight excluding hydrogens is 874 g/mol. The van der Waals surface area contributed by atoms with Gasteiger partial charge in [-0.25, -0.2) is 0 Å². The molecule has 9 aromatic rings. The number of fused-ring (bicyclic) bond motifs is 3. The summed E-state index contributed by atoms with van der Waals surface area (Å²) in [6.45, 7) is 14.5. The van der Waals surface area contributed by atoms with Gasteiger partial charge in [0.1, 0.15) is 23.3 Å². The van der Waals surface area contributed by atoms with Crippen molar-refractivity contribution in [1.82, 2.24) is 0 Å². The highest BCUT2D eigenvalue weighted by Gasteiger charge is 2.55. The summed E-state index contributed by atoms with van der Waals surface area (Å²) in [5.41, 5.74) is 11.6. The molecule has 2 aliphatic rings. The molecular formula is C62H52B2N2O5. The molecule has 8 aromatic carbocycles. The summed E-state index contributed by atoms with van der Waals surface area (Å²) < 4.78 is 33.8. The number of nitriles is 2. The Balaban J connectivity index is 0.980. The minimum Gasteiger partial charge on any atom is -0.456 e. The van der Waals surface area contributed by atoms with Crippen LogP contribution < -0.4 is 10.9 Å². The van der Waals surface area contributed by atoms with Gasteiger partial charge in [0.2, 0.25) is 0 Å². The molecule has 0 amide bonds. The van der Waals surface area contributed by atoms with Gasteiger partial charge in [0.15, 0.2) is 0 Å². The van der Waals surface area contributed by atoms with Crippen molar-refractivity contribution in [3.05, 3.63) is 193 Å². The van der Waals surface area contributed by atoms with Gasteiger partial charge in [-0.2, -0.15) is 10.5 Å². The fourth-order valence-corrected chi connectivity index (χ4v) is 10.2. The van der Waals surface area contributed by atoms with Crippen molar-refractivity contribution >= 4 is 47.1 Å². The molecule has 0 bridgehead atoms. The lowest BCUT2D eigenvalue weighted by atomic mass is 9.74. The maximum absolute atomic E-state index is 11.2. The van der Waals surface area contributed by atoms with Crippen LogP contribution in [0.4, 0.5) is 0 Å². The molecule has 1 aromatic heterocycles. The Morgan fingerprint density at radius 2 is 0.873 bits per heavy atom. The Morgan fingerprint density at radius 1 is 0.408 bits per heavy atom. The van der Waals surface area contributed by atoms with Crippen LogP contribution in [0.5, 0.6) is 0 Å². The lowest BCUT2D eigenvalue weighted by Crippen LogP contribution is -2.46. The van der Waals surface area contributed by atoms with Crippen LogP contribution in [-0.2, 0) is 25.0 Å². The van der Waals surface area contributed by atoms with E-state index in [0.717, 1.165) is 94.1 Å². The number of hydrogen-bond acceptors (Lipinski definition) is 7. The standard InChI is InChI=1S/C62H52B2N2O5/c1-59(2)60(3,4)69-63(68-59)47-35-52(55(39-66)53(36-47)48-25-17-27-57-58(48)49-24-14-15-26-56(49)67-57)45-23-16-18-40(32-45)37-62(7)61(5,6)70-64(71-62)46-33-50(43-21-12-9-13-22-43)54(38-65)51(34-46)44-30-28-42(29-31-44)41-19-10-8-11-20-41/h8-36H,37H2,1-7H3. The zero-order chi connectivity index (χ0) is 49.3. The van der Waals surface area contributed by atoms with Crippen LogP contribution in [0.2, 0.25) is 0 Å². The summed E-state index contributed by atoms with van der Waals surface area (Å²) in [7, 11) is -1.41. The number of hydrogen-bond donors (Lipinski definition) is 0. The van der Waals surface area contributed by atoms with Crippen LogP contribution in [0.3, 0.4) is 0 Å². The first-order valence-electron chi connectivity index (χ1n) is 24.2. The third-order valence-electron chi connectivity index (χ3n) is 15.2. The first-order chi connectivity index (χ1) is 34.2. The largest absolute Gasteiger partial charge is 0.494 e. The molecule has 0 saturated carbocycles. The lowest BCUT2D eigenvalue weighted by molar-refractivity contribution is -0.00876. The Labute approximate surface area is 416 Å². The SMILES string of the molecule is CC1(C)OB(c2cc(-c3cccc(CC4(C)OB(c5cc(-c6ccccc6)c(C#N)c(-c6ccc(-c7ccccc7)cc6)c5)OC4(C)C)c3)c(C#N)c(-c3cccc4oc5ccccc5c34)c2)OC1(C)C. The molecule has 0 N–H and O–H groups in total. The quantitative estimate of drug-likeness (QED) is 0.133. The summed E-state index contributed by atoms with van der Waals surface area (Å²) >= 11 is 0. The second kappa shape index (κ2) is 17.4. The van der Waals surface area contributed by atoms with E-state index in [1.807, 2.05) is 91.0 Å². The average Bonchev–Trinajstić information content (AvgIpc) is 3.96. The van der Waals surface area contributed by atoms with E-state index < -0.39 is 36.6 Å². The monoisotopic (exact) mass is 926 g/mol. The van der Waals surface area contributed by atoms with Crippen molar-refractivity contribution in [2.24, 2.45) is 0 Å². The van der Waals surface area contributed by atoms with Crippen LogP contribution in [-0.4, -0.2) is 36.6 Å². The molecule has 2 saturated heterocycles. The van der Waals surface area contributed by atoms with Crippen LogP contribution in [0, 0.1) is 22.7 Å². The number of para-hydroxylation sites is 1. The van der Waals surface area contributed by atoms with E-state index in [9.17, 15) is 10.5 Å². The maximum atomic E-state index is 11.2. The molecule has 3 heterocycles. The van der Waals surface area contributed by atoms with Crippen molar-refractivity contribution in [3.8, 4) is 67.8 Å². The Kier molecular flexibility index (Phi) is 11.3. The number of benzene rings is 8. The van der Waals surface area contributed by atoms with E-state index in [4.69, 9.17) is 23.0 Å². The van der Waals surface area contributed by atoms with E-state index in [2.05, 4.69) is 146 Å². The highest BCUT2D eigenvalue weighted by atomic mass is 16.7. The van der Waals surface area contributed by atoms with Gasteiger partial charge in [-0.3, -0.25) is 0 Å². The predicted molar refractivity (Wildman–Crippen MR) is 286 cm³/mol. The summed E-state index contributed by atoms with van der Waals surface area (Å²) in [4.78, 5) is 0. The molecule has 1 unspecified atom stereocenters. The molecule has 0 aliphatic carbocycles. The molecule has 2 fully saturated rings. The van der Waals surface area contributed by atoms with E-state index in [1.54, 1.807) is 0 Å². The number of nitrogens with zero attached hydrogens (tertiary/aromatic N) is 2. The van der Waals surface area contributed by atoms with Gasteiger partial charge in [-0.1, -0.05) is 164 Å². The van der Waals surface area contributed by atoms with Gasteiger partial charge in [0, 0.05) is 22.8 Å². The summed E-state index contributed by atoms with van der Waals surface area (Å²) in [5, 5.41) is 23.9. The van der Waals surface area contributed by atoms with Crippen LogP contribution in [0.15, 0.2) is 180 Å². The number of furan rings is 1. The van der Waals surface area contributed by atoms with Crippen LogP contribution in [0.1, 0.15) is 65.2 Å². The lowest BCUT2D eigenvalue weighted by Gasteiger charge is -2.36. The van der Waals surface area contributed by atoms with Gasteiger partial charge >= 0.3 is 14.2 Å². The van der Waals surface area contributed by atoms with Crippen LogP contribution in [0.25, 0.3) is 77.6 Å². The molecule has 9 heteroatoms. The van der Waals surface area contributed by atoms with Gasteiger partial charge in [0.25, 0.3) is 0 Å². The average molecular weight is 927 g/mol. The maximum Gasteiger partial charge on any atom is 0.494 e. The first kappa shape index (κ1) is 45.9. The van der Waals surface area contributed by atoms with Gasteiger partial charge in [-0.15, -0.1) is 0 Å². The summed E-state index contributed by atoms with van der Waals surface area (Å²) in [6.07, 6.45) is 0.506. The zero-order valence-electron chi connectivity index (χ0n) is 41.0. The van der Waals surface area contributed by atoms with Gasteiger partial charge in [-0.05, 0) is 127 Å². The fourth-order valence-electron chi connectivity index (χ4n) is 10.2. The Bertz CT molecular complexity index is 3590. The van der Waals surface area contributed by atoms with E-state index >= 15 is 0 Å². The smallest absolute Gasteiger partial charge is 0.456 e. The second-order valence-corrected chi connectivity index (χ2v) is 20.6. The minimum atomic E-state index is -0.805. The molecule has 71 heavy (non-hydrogen) atoms. The van der Waals surface area contributed by atoms with E-state index in [0.29, 0.717) is 17.5 Å². The van der Waals surface area contributed by atoms with Crippen LogP contribution >= 0.6 is 0 Å². The first-order valence-corrected chi connectivity index (χ1v) is 24.2. The molecule has 0 spiro atoms. The van der Waals surface area contributed by atoms with Gasteiger partial charge < -0.3 is 23.0 Å². The van der Waals surface area contributed by atoms with E-state index in [1.165, 1.54) is 0 Å². The second-order valence-electron chi connectivity index (χ2n) is 20.6. The Morgan fingerprint density at radius 3 is 1.52 bits per heavy atom. The van der Waals surface area contributed by atoms with E-state index in [-0.39, 0.29) is 0 Å². The van der Waals surface area contributed by atoms with Crippen molar-refractivity contribution in [2.75, 3.05) is 0 Å². The third kappa shape index (κ3) is 8.06. The number of rotatable bonds is 9. The van der Waals surface area contributed by atoms with Crippen molar-refractivity contribution < 1.29 is 23.0 Å². The molecule has 2 aliphatic heterocycles. The molecule has 7 nitrogen and oxygen atoms in total. The predicted octanol–water partition coefficient (Wildman–Crippen LogP) is 13.5. The zero-order valence-corrected chi connectivity index (χ0v) is 41.0. The van der Waals surface area contributed by atoms with Crippen molar-refractivity contribution in [3.63, 3.8) is 0 Å². The highest BCUT2D eigenvalue weighted by molar-refractivity contribution is 6.63. The van der Waals surface area contributed by atoms with Gasteiger partial charge in [0.05, 0.1) is 33.5 Å². The summed E-state index contributed by atoms with van der Waals surface area (Å²) in [5.74, 6) is 0. The molecule has 1 atom stereocenters. The third-order valence-corrected chi connectivity index (χ3v) is 15.2. The van der Waals surface area contributed by atoms with Crippen molar-refractivity contribution in [2.45, 2.75) is 77.3 Å². The molecule has 0 radical (unpaired) electrons. The van der Waals surface area contributed by atoms with Crippen molar-refractivity contribution in [1.29, 1.82) is 10.5 Å². The highest BCUT2D eigenvalue weighted by Crippen LogP contribution is 2.44.